The number of benzene rings is 1. The predicted molar refractivity (Wildman–Crippen MR) is 107 cm³/mol. The number of rotatable bonds is 5. The summed E-state index contributed by atoms with van der Waals surface area (Å²) in [5, 5.41) is 0. The molecule has 166 valence electrons. The van der Waals surface area contributed by atoms with Crippen LogP contribution in [0.5, 0.6) is 0 Å². The van der Waals surface area contributed by atoms with Gasteiger partial charge in [-0.05, 0) is 30.7 Å². The molecule has 0 unspecified atom stereocenters. The number of carbonyl (C=O) groups is 2. The second kappa shape index (κ2) is 9.38. The molecule has 6 nitrogen and oxygen atoms in total. The minimum atomic E-state index is -4.36. The van der Waals surface area contributed by atoms with Gasteiger partial charge in [0, 0.05) is 38.8 Å². The van der Waals surface area contributed by atoms with Crippen molar-refractivity contribution in [1.82, 2.24) is 9.80 Å². The van der Waals surface area contributed by atoms with Crippen molar-refractivity contribution in [2.24, 2.45) is 0 Å². The van der Waals surface area contributed by atoms with Crippen molar-refractivity contribution in [3.8, 4) is 0 Å². The summed E-state index contributed by atoms with van der Waals surface area (Å²) in [4.78, 5) is 27.7. The van der Waals surface area contributed by atoms with Crippen LogP contribution >= 0.6 is 0 Å². The number of methoxy groups -OCH3 is 1. The number of nitrogens with zero attached hydrogens (tertiary/aromatic N) is 2. The van der Waals surface area contributed by atoms with Crippen molar-refractivity contribution in [1.29, 1.82) is 0 Å². The first kappa shape index (κ1) is 22.6. The van der Waals surface area contributed by atoms with Crippen molar-refractivity contribution in [3.63, 3.8) is 0 Å². The Morgan fingerprint density at radius 2 is 1.87 bits per heavy atom. The lowest BCUT2D eigenvalue weighted by Crippen LogP contribution is -2.47. The normalized spacial score (nSPS) is 15.5. The molecule has 1 aliphatic rings. The zero-order chi connectivity index (χ0) is 22.6. The third-order valence-electron chi connectivity index (χ3n) is 5.08. The molecule has 1 amide bonds. The van der Waals surface area contributed by atoms with E-state index in [2.05, 4.69) is 4.74 Å². The van der Waals surface area contributed by atoms with E-state index in [1.807, 2.05) is 4.90 Å². The smallest absolute Gasteiger partial charge is 0.416 e. The number of aryl methyl sites for hydroxylation is 1. The Bertz CT molecular complexity index is 973. The molecular weight excluding hydrogens is 413 g/mol. The molecule has 1 aromatic heterocycles. The number of alkyl halides is 3. The molecule has 3 rings (SSSR count). The van der Waals surface area contributed by atoms with Gasteiger partial charge < -0.3 is 14.1 Å². The molecule has 0 saturated carbocycles. The third-order valence-corrected chi connectivity index (χ3v) is 5.08. The number of hydrogen-bond acceptors (Lipinski definition) is 5. The predicted octanol–water partition coefficient (Wildman–Crippen LogP) is 3.75. The lowest BCUT2D eigenvalue weighted by atomic mass is 10.1. The second-order valence-electron chi connectivity index (χ2n) is 7.24. The van der Waals surface area contributed by atoms with Gasteiger partial charge in [-0.25, -0.2) is 4.79 Å². The van der Waals surface area contributed by atoms with Crippen LogP contribution in [-0.2, 0) is 22.3 Å². The van der Waals surface area contributed by atoms with Crippen molar-refractivity contribution >= 4 is 18.0 Å². The monoisotopic (exact) mass is 436 g/mol. The van der Waals surface area contributed by atoms with Gasteiger partial charge in [0.25, 0.3) is 0 Å². The van der Waals surface area contributed by atoms with Crippen molar-refractivity contribution in [3.05, 3.63) is 64.6 Å². The van der Waals surface area contributed by atoms with E-state index in [0.717, 1.165) is 12.1 Å². The molecule has 0 spiro atoms. The molecule has 0 bridgehead atoms. The van der Waals surface area contributed by atoms with Crippen LogP contribution < -0.4 is 0 Å². The summed E-state index contributed by atoms with van der Waals surface area (Å²) in [5.74, 6) is 0.0631. The van der Waals surface area contributed by atoms with E-state index in [4.69, 9.17) is 4.42 Å². The average molecular weight is 436 g/mol. The Balaban J connectivity index is 1.53. The van der Waals surface area contributed by atoms with Gasteiger partial charge in [-0.1, -0.05) is 18.2 Å². The van der Waals surface area contributed by atoms with E-state index in [0.29, 0.717) is 55.4 Å². The number of ether oxygens (including phenoxy) is 1. The number of carbonyl (C=O) groups excluding carboxylic acids is 2. The summed E-state index contributed by atoms with van der Waals surface area (Å²) in [6.07, 6.45) is -1.49. The standard InChI is InChI=1S/C22H23F3N2O4/c1-15-19(21(29)30-2)13-18(31-15)6-7-20(28)27-10-8-26(9-11-27)14-16-4-3-5-17(12-16)22(23,24)25/h3-7,12-13H,8-11,14H2,1-2H3/b7-6+. The van der Waals surface area contributed by atoms with Crippen LogP contribution in [0.2, 0.25) is 0 Å². The maximum absolute atomic E-state index is 12.9. The first-order valence-corrected chi connectivity index (χ1v) is 9.71. The van der Waals surface area contributed by atoms with Gasteiger partial charge >= 0.3 is 12.1 Å². The molecule has 1 aliphatic heterocycles. The van der Waals surface area contributed by atoms with Crippen LogP contribution in [-0.4, -0.2) is 55.0 Å². The van der Waals surface area contributed by atoms with E-state index in [9.17, 15) is 22.8 Å². The summed E-state index contributed by atoms with van der Waals surface area (Å²) in [5.41, 5.74) is 0.231. The summed E-state index contributed by atoms with van der Waals surface area (Å²) < 4.78 is 48.7. The van der Waals surface area contributed by atoms with Crippen LogP contribution in [0, 0.1) is 6.92 Å². The van der Waals surface area contributed by atoms with E-state index < -0.39 is 17.7 Å². The van der Waals surface area contributed by atoms with Gasteiger partial charge in [-0.2, -0.15) is 13.2 Å². The summed E-state index contributed by atoms with van der Waals surface area (Å²) >= 11 is 0. The Hall–Kier alpha value is -3.07. The first-order valence-electron chi connectivity index (χ1n) is 9.71. The van der Waals surface area contributed by atoms with Crippen LogP contribution in [0.4, 0.5) is 13.2 Å². The Morgan fingerprint density at radius 3 is 2.52 bits per heavy atom. The van der Waals surface area contributed by atoms with E-state index in [1.54, 1.807) is 17.9 Å². The molecule has 1 saturated heterocycles. The van der Waals surface area contributed by atoms with Gasteiger partial charge in [-0.3, -0.25) is 9.69 Å². The highest BCUT2D eigenvalue weighted by Crippen LogP contribution is 2.29. The van der Waals surface area contributed by atoms with Crippen molar-refractivity contribution < 1.29 is 31.9 Å². The van der Waals surface area contributed by atoms with E-state index in [1.165, 1.54) is 31.4 Å². The maximum Gasteiger partial charge on any atom is 0.416 e. The van der Waals surface area contributed by atoms with Crippen LogP contribution in [0.3, 0.4) is 0 Å². The number of hydrogen-bond donors (Lipinski definition) is 0. The number of furan rings is 1. The van der Waals surface area contributed by atoms with Gasteiger partial charge in [0.05, 0.1) is 12.7 Å². The molecule has 0 atom stereocenters. The zero-order valence-corrected chi connectivity index (χ0v) is 17.2. The van der Waals surface area contributed by atoms with Gasteiger partial charge in [-0.15, -0.1) is 0 Å². The largest absolute Gasteiger partial charge is 0.465 e. The fourth-order valence-electron chi connectivity index (χ4n) is 3.39. The van der Waals surface area contributed by atoms with Gasteiger partial charge in [0.15, 0.2) is 0 Å². The number of halogens is 3. The highest BCUT2D eigenvalue weighted by atomic mass is 19.4. The van der Waals surface area contributed by atoms with Gasteiger partial charge in [0.1, 0.15) is 17.1 Å². The fourth-order valence-corrected chi connectivity index (χ4v) is 3.39. The molecule has 1 aromatic carbocycles. The number of piperazine rings is 1. The Labute approximate surface area is 177 Å². The quantitative estimate of drug-likeness (QED) is 0.528. The first-order chi connectivity index (χ1) is 14.7. The van der Waals surface area contributed by atoms with Crippen LogP contribution in [0.25, 0.3) is 6.08 Å². The van der Waals surface area contributed by atoms with E-state index in [-0.39, 0.29) is 5.91 Å². The van der Waals surface area contributed by atoms with E-state index >= 15 is 0 Å². The summed E-state index contributed by atoms with van der Waals surface area (Å²) in [6.45, 7) is 4.07. The molecule has 0 radical (unpaired) electrons. The van der Waals surface area contributed by atoms with Crippen molar-refractivity contribution in [2.45, 2.75) is 19.6 Å². The lowest BCUT2D eigenvalue weighted by Gasteiger charge is -2.34. The molecule has 1 fully saturated rings. The fraction of sp³-hybridized carbons (Fsp3) is 0.364. The molecule has 0 N–H and O–H groups in total. The third kappa shape index (κ3) is 5.75. The van der Waals surface area contributed by atoms with Crippen LogP contribution in [0.15, 0.2) is 40.8 Å². The van der Waals surface area contributed by atoms with Crippen LogP contribution in [0.1, 0.15) is 33.0 Å². The second-order valence-corrected chi connectivity index (χ2v) is 7.24. The van der Waals surface area contributed by atoms with Crippen molar-refractivity contribution in [2.75, 3.05) is 33.3 Å². The average Bonchev–Trinajstić information content (AvgIpc) is 3.12. The topological polar surface area (TPSA) is 63.0 Å². The molecule has 2 heterocycles. The molecule has 0 aliphatic carbocycles. The molecule has 9 heteroatoms. The highest BCUT2D eigenvalue weighted by molar-refractivity contribution is 5.93. The minimum Gasteiger partial charge on any atom is -0.465 e. The molecule has 2 aromatic rings. The number of esters is 1. The maximum atomic E-state index is 12.9. The molecule has 31 heavy (non-hydrogen) atoms. The number of amides is 1. The van der Waals surface area contributed by atoms with Gasteiger partial charge in [0.2, 0.25) is 5.91 Å². The minimum absolute atomic E-state index is 0.201. The Morgan fingerprint density at radius 1 is 1.16 bits per heavy atom. The highest BCUT2D eigenvalue weighted by Gasteiger charge is 2.30. The summed E-state index contributed by atoms with van der Waals surface area (Å²) in [6, 6.07) is 6.81. The molecular formula is C22H23F3N2O4. The zero-order valence-electron chi connectivity index (χ0n) is 17.2. The summed E-state index contributed by atoms with van der Waals surface area (Å²) in [7, 11) is 1.28. The Kier molecular flexibility index (Phi) is 6.84. The SMILES string of the molecule is COC(=O)c1cc(/C=C/C(=O)N2CCN(Cc3cccc(C(F)(F)F)c3)CC2)oc1C. The lowest BCUT2D eigenvalue weighted by molar-refractivity contribution is -0.137.